The fourth-order valence-electron chi connectivity index (χ4n) is 2.53. The highest BCUT2D eigenvalue weighted by atomic mass is 35.5. The van der Waals surface area contributed by atoms with E-state index in [0.717, 1.165) is 22.2 Å². The van der Waals surface area contributed by atoms with E-state index < -0.39 is 0 Å². The molecule has 0 aromatic carbocycles. The van der Waals surface area contributed by atoms with Gasteiger partial charge in [-0.3, -0.25) is 9.20 Å². The molecule has 4 aromatic rings. The highest BCUT2D eigenvalue weighted by Gasteiger charge is 2.13. The molecular formula is C18H16ClN5O. The number of carbonyl (C=O) groups is 1. The first-order chi connectivity index (χ1) is 12.2. The maximum absolute atomic E-state index is 11.2. The summed E-state index contributed by atoms with van der Waals surface area (Å²) in [7, 11) is 0. The van der Waals surface area contributed by atoms with Gasteiger partial charge in [-0.2, -0.15) is 0 Å². The lowest BCUT2D eigenvalue weighted by molar-refractivity contribution is 0.111. The SMILES string of the molecule is C1CC1.Nc1nc2ccc(-c3cnc4[nH]ccc4c3Cl)cn2c1C=O. The van der Waals surface area contributed by atoms with Crippen LogP contribution in [0.4, 0.5) is 5.82 Å². The van der Waals surface area contributed by atoms with Crippen molar-refractivity contribution in [3.63, 3.8) is 0 Å². The van der Waals surface area contributed by atoms with Crippen molar-refractivity contribution in [3.05, 3.63) is 47.5 Å². The van der Waals surface area contributed by atoms with Gasteiger partial charge >= 0.3 is 0 Å². The van der Waals surface area contributed by atoms with Gasteiger partial charge in [0.15, 0.2) is 12.1 Å². The van der Waals surface area contributed by atoms with Crippen LogP contribution in [-0.2, 0) is 0 Å². The highest BCUT2D eigenvalue weighted by Crippen LogP contribution is 2.33. The Hall–Kier alpha value is -2.86. The van der Waals surface area contributed by atoms with E-state index in [9.17, 15) is 4.79 Å². The number of hydrogen-bond acceptors (Lipinski definition) is 4. The maximum Gasteiger partial charge on any atom is 0.170 e. The fourth-order valence-corrected chi connectivity index (χ4v) is 2.84. The zero-order chi connectivity index (χ0) is 17.4. The van der Waals surface area contributed by atoms with Gasteiger partial charge in [-0.05, 0) is 18.2 Å². The minimum Gasteiger partial charge on any atom is -0.382 e. The van der Waals surface area contributed by atoms with Crippen LogP contribution >= 0.6 is 11.6 Å². The summed E-state index contributed by atoms with van der Waals surface area (Å²) in [6.45, 7) is 0. The molecule has 0 saturated heterocycles. The van der Waals surface area contributed by atoms with Gasteiger partial charge in [-0.25, -0.2) is 9.97 Å². The molecule has 1 saturated carbocycles. The number of nitrogens with zero attached hydrogens (tertiary/aromatic N) is 3. The number of pyridine rings is 2. The molecule has 7 heteroatoms. The number of nitrogen functional groups attached to an aromatic ring is 1. The molecule has 126 valence electrons. The molecule has 4 aromatic heterocycles. The first-order valence-corrected chi connectivity index (χ1v) is 8.41. The van der Waals surface area contributed by atoms with Gasteiger partial charge in [0.05, 0.1) is 5.02 Å². The third kappa shape index (κ3) is 2.85. The first-order valence-electron chi connectivity index (χ1n) is 8.04. The van der Waals surface area contributed by atoms with Gasteiger partial charge in [0.2, 0.25) is 0 Å². The number of halogens is 1. The Kier molecular flexibility index (Phi) is 3.89. The molecule has 0 atom stereocenters. The van der Waals surface area contributed by atoms with Crippen molar-refractivity contribution in [3.8, 4) is 11.1 Å². The number of anilines is 1. The van der Waals surface area contributed by atoms with Crippen LogP contribution in [0.3, 0.4) is 0 Å². The Morgan fingerprint density at radius 3 is 2.76 bits per heavy atom. The Bertz CT molecular complexity index is 1080. The number of hydrogen-bond donors (Lipinski definition) is 2. The smallest absolute Gasteiger partial charge is 0.170 e. The fraction of sp³-hybridized carbons (Fsp3) is 0.167. The van der Waals surface area contributed by atoms with E-state index in [1.807, 2.05) is 12.1 Å². The van der Waals surface area contributed by atoms with E-state index in [-0.39, 0.29) is 5.82 Å². The van der Waals surface area contributed by atoms with Crippen molar-refractivity contribution in [1.29, 1.82) is 0 Å². The molecule has 0 radical (unpaired) electrons. The molecule has 3 N–H and O–H groups in total. The van der Waals surface area contributed by atoms with Crippen LogP contribution in [0.15, 0.2) is 36.8 Å². The number of aldehydes is 1. The second kappa shape index (κ2) is 6.22. The molecule has 1 aliphatic carbocycles. The number of nitrogens with one attached hydrogen (secondary N) is 1. The first kappa shape index (κ1) is 15.7. The average molecular weight is 354 g/mol. The molecule has 25 heavy (non-hydrogen) atoms. The van der Waals surface area contributed by atoms with Crippen LogP contribution in [-0.4, -0.2) is 25.6 Å². The largest absolute Gasteiger partial charge is 0.382 e. The second-order valence-corrected chi connectivity index (χ2v) is 6.31. The Balaban J connectivity index is 0.000000474. The van der Waals surface area contributed by atoms with Gasteiger partial charge in [0.1, 0.15) is 17.0 Å². The van der Waals surface area contributed by atoms with Gasteiger partial charge in [-0.1, -0.05) is 30.9 Å². The van der Waals surface area contributed by atoms with E-state index in [4.69, 9.17) is 17.3 Å². The number of H-pyrrole nitrogens is 1. The molecule has 0 bridgehead atoms. The van der Waals surface area contributed by atoms with Crippen molar-refractivity contribution in [2.24, 2.45) is 0 Å². The Morgan fingerprint density at radius 1 is 1.24 bits per heavy atom. The molecule has 1 fully saturated rings. The summed E-state index contributed by atoms with van der Waals surface area (Å²) in [4.78, 5) is 22.7. The number of aromatic nitrogens is 4. The third-order valence-corrected chi connectivity index (χ3v) is 4.39. The van der Waals surface area contributed by atoms with Crippen LogP contribution < -0.4 is 5.73 Å². The van der Waals surface area contributed by atoms with Crippen LogP contribution in [0.1, 0.15) is 29.8 Å². The van der Waals surface area contributed by atoms with Gasteiger partial charge < -0.3 is 10.7 Å². The summed E-state index contributed by atoms with van der Waals surface area (Å²) in [5, 5.41) is 1.45. The molecule has 0 aliphatic heterocycles. The number of fused-ring (bicyclic) bond motifs is 2. The van der Waals surface area contributed by atoms with Crippen molar-refractivity contribution >= 4 is 40.4 Å². The van der Waals surface area contributed by atoms with Crippen molar-refractivity contribution in [1.82, 2.24) is 19.4 Å². The molecule has 5 rings (SSSR count). The highest BCUT2D eigenvalue weighted by molar-refractivity contribution is 6.38. The van der Waals surface area contributed by atoms with E-state index >= 15 is 0 Å². The lowest BCUT2D eigenvalue weighted by Gasteiger charge is -2.06. The Morgan fingerprint density at radius 2 is 2.04 bits per heavy atom. The van der Waals surface area contributed by atoms with Crippen molar-refractivity contribution in [2.45, 2.75) is 19.3 Å². The van der Waals surface area contributed by atoms with Crippen LogP contribution in [0, 0.1) is 0 Å². The quantitative estimate of drug-likeness (QED) is 0.531. The minimum atomic E-state index is 0.206. The lowest BCUT2D eigenvalue weighted by Crippen LogP contribution is -1.95. The number of imidazole rings is 1. The second-order valence-electron chi connectivity index (χ2n) is 5.93. The molecule has 6 nitrogen and oxygen atoms in total. The third-order valence-electron chi connectivity index (χ3n) is 3.98. The topological polar surface area (TPSA) is 89.1 Å². The predicted octanol–water partition coefficient (Wildman–Crippen LogP) is 4.10. The molecule has 4 heterocycles. The van der Waals surface area contributed by atoms with Gasteiger partial charge in [0, 0.05) is 35.1 Å². The summed E-state index contributed by atoms with van der Waals surface area (Å²) in [5.41, 5.74) is 9.00. The summed E-state index contributed by atoms with van der Waals surface area (Å²) >= 11 is 6.47. The van der Waals surface area contributed by atoms with E-state index in [1.165, 1.54) is 19.3 Å². The predicted molar refractivity (Wildman–Crippen MR) is 98.9 cm³/mol. The molecular weight excluding hydrogens is 338 g/mol. The summed E-state index contributed by atoms with van der Waals surface area (Å²) in [6.07, 6.45) is 10.5. The van der Waals surface area contributed by atoms with E-state index in [2.05, 4.69) is 15.0 Å². The zero-order valence-electron chi connectivity index (χ0n) is 13.4. The van der Waals surface area contributed by atoms with Crippen LogP contribution in [0.5, 0.6) is 0 Å². The summed E-state index contributed by atoms with van der Waals surface area (Å²) in [5.74, 6) is 0.206. The number of aromatic amines is 1. The van der Waals surface area contributed by atoms with Crippen molar-refractivity contribution < 1.29 is 4.79 Å². The van der Waals surface area contributed by atoms with Crippen molar-refractivity contribution in [2.75, 3.05) is 5.73 Å². The monoisotopic (exact) mass is 353 g/mol. The summed E-state index contributed by atoms with van der Waals surface area (Å²) < 4.78 is 1.65. The van der Waals surface area contributed by atoms with E-state index in [1.54, 1.807) is 29.1 Å². The van der Waals surface area contributed by atoms with Gasteiger partial charge in [0.25, 0.3) is 0 Å². The molecule has 0 unspecified atom stereocenters. The summed E-state index contributed by atoms with van der Waals surface area (Å²) in [6, 6.07) is 5.53. The maximum atomic E-state index is 11.2. The molecule has 1 aliphatic rings. The van der Waals surface area contributed by atoms with E-state index in [0.29, 0.717) is 22.6 Å². The van der Waals surface area contributed by atoms with Gasteiger partial charge in [-0.15, -0.1) is 0 Å². The average Bonchev–Trinajstić information content (AvgIpc) is 3.35. The van der Waals surface area contributed by atoms with Crippen LogP contribution in [0.25, 0.3) is 27.8 Å². The lowest BCUT2D eigenvalue weighted by atomic mass is 10.1. The molecule has 0 amide bonds. The number of rotatable bonds is 2. The number of nitrogens with two attached hydrogens (primary N) is 1. The standard InChI is InChI=1S/C15H10ClN5O.C3H6/c16-13-9-3-4-18-15(9)19-5-10(13)8-1-2-12-20-14(17)11(7-22)21(12)6-8;1-2-3-1/h1-7H,17H2,(H,18,19);1-3H2. The normalized spacial score (nSPS) is 12.8. The zero-order valence-corrected chi connectivity index (χ0v) is 14.1. The Labute approximate surface area is 148 Å². The number of carbonyl (C=O) groups excluding carboxylic acids is 1. The molecule has 0 spiro atoms. The minimum absolute atomic E-state index is 0.206. The van der Waals surface area contributed by atoms with Crippen LogP contribution in [0.2, 0.25) is 5.02 Å².